The summed E-state index contributed by atoms with van der Waals surface area (Å²) < 4.78 is 73.5. The number of aliphatic hydroxyl groups excluding tert-OH is 1. The number of sulfonamides is 1. The van der Waals surface area contributed by atoms with Crippen LogP contribution in [-0.2, 0) is 37.6 Å². The Morgan fingerprint density at radius 3 is 2.29 bits per heavy atom. The molecule has 242 valence electrons. The largest absolute Gasteiger partial charge is 0.511 e. The molecule has 12 heteroatoms. The van der Waals surface area contributed by atoms with Crippen molar-refractivity contribution < 1.29 is 36.2 Å². The maximum absolute atomic E-state index is 13.5. The molecule has 0 aliphatic carbocycles. The summed E-state index contributed by atoms with van der Waals surface area (Å²) in [6.45, 7) is 11.3. The van der Waals surface area contributed by atoms with Crippen molar-refractivity contribution in [2.45, 2.75) is 87.9 Å². The van der Waals surface area contributed by atoms with Gasteiger partial charge in [-0.05, 0) is 72.1 Å². The van der Waals surface area contributed by atoms with Gasteiger partial charge in [0.25, 0.3) is 10.0 Å². The minimum atomic E-state index is -4.65. The number of thioether (sulfide) groups is 1. The molecule has 0 amide bonds. The topological polar surface area (TPSA) is 106 Å². The van der Waals surface area contributed by atoms with Crippen LogP contribution in [0.3, 0.4) is 0 Å². The van der Waals surface area contributed by atoms with E-state index in [-0.39, 0.29) is 28.7 Å². The predicted molar refractivity (Wildman–Crippen MR) is 168 cm³/mol. The van der Waals surface area contributed by atoms with Crippen LogP contribution in [0.15, 0.2) is 81.4 Å². The normalized spacial score (nSPS) is 17.9. The molecule has 0 radical (unpaired) electrons. The lowest BCUT2D eigenvalue weighted by Crippen LogP contribution is -2.44. The summed E-state index contributed by atoms with van der Waals surface area (Å²) in [5.74, 6) is -0.743. The van der Waals surface area contributed by atoms with E-state index in [1.165, 1.54) is 0 Å². The van der Waals surface area contributed by atoms with E-state index < -0.39 is 43.8 Å². The first-order chi connectivity index (χ1) is 20.8. The van der Waals surface area contributed by atoms with E-state index in [9.17, 15) is 31.5 Å². The zero-order valence-corrected chi connectivity index (χ0v) is 27.6. The number of pyridine rings is 1. The van der Waals surface area contributed by atoms with Crippen molar-refractivity contribution in [1.82, 2.24) is 4.98 Å². The number of aromatic nitrogens is 1. The Hall–Kier alpha value is -3.51. The molecule has 0 spiro atoms. The number of cyclic esters (lactones) is 1. The van der Waals surface area contributed by atoms with Gasteiger partial charge in [0, 0.05) is 17.5 Å². The Balaban J connectivity index is 1.63. The summed E-state index contributed by atoms with van der Waals surface area (Å²) in [5, 5.41) is 10.7. The average Bonchev–Trinajstić information content (AvgIpc) is 2.94. The number of benzene rings is 2. The maximum Gasteiger partial charge on any atom is 0.417 e. The van der Waals surface area contributed by atoms with Gasteiger partial charge >= 0.3 is 12.1 Å². The lowest BCUT2D eigenvalue weighted by molar-refractivity contribution is -0.164. The van der Waals surface area contributed by atoms with Crippen molar-refractivity contribution in [3.05, 3.63) is 93.7 Å². The number of anilines is 1. The molecule has 0 saturated carbocycles. The fraction of sp³-hybridized carbons (Fsp3) is 0.394. The minimum Gasteiger partial charge on any atom is -0.511 e. The number of hydrogen-bond acceptors (Lipinski definition) is 7. The fourth-order valence-corrected chi connectivity index (χ4v) is 7.37. The number of halogens is 3. The Morgan fingerprint density at radius 1 is 1.09 bits per heavy atom. The molecule has 7 nitrogen and oxygen atoms in total. The van der Waals surface area contributed by atoms with Crippen molar-refractivity contribution in [1.29, 1.82) is 0 Å². The number of nitrogens with zero attached hydrogens (tertiary/aromatic N) is 1. The third-order valence-electron chi connectivity index (χ3n) is 7.87. The number of nitrogens with one attached hydrogen (secondary N) is 1. The molecule has 1 aliphatic rings. The highest BCUT2D eigenvalue weighted by molar-refractivity contribution is 8.04. The first-order valence-corrected chi connectivity index (χ1v) is 16.7. The molecule has 2 N–H and O–H groups in total. The van der Waals surface area contributed by atoms with Crippen LogP contribution in [0.2, 0.25) is 0 Å². The fourth-order valence-electron chi connectivity index (χ4n) is 5.08. The SMILES string of the molecule is Cc1cc(SC2=C(O)CC(CCc3ccccc3)(C(C)C)OC2=O)c(C(C)(C)C)cc1NS(=O)(=O)c1ccc(C(F)(F)F)cn1. The summed E-state index contributed by atoms with van der Waals surface area (Å²) in [6.07, 6.45) is -2.80. The third kappa shape index (κ3) is 7.84. The van der Waals surface area contributed by atoms with Crippen LogP contribution in [0.1, 0.15) is 69.7 Å². The summed E-state index contributed by atoms with van der Waals surface area (Å²) in [7, 11) is -4.32. The predicted octanol–water partition coefficient (Wildman–Crippen LogP) is 8.34. The Bertz CT molecular complexity index is 1700. The molecule has 3 aromatic rings. The van der Waals surface area contributed by atoms with Crippen LogP contribution in [0.5, 0.6) is 0 Å². The van der Waals surface area contributed by atoms with Gasteiger partial charge in [-0.25, -0.2) is 9.78 Å². The molecule has 1 atom stereocenters. The molecule has 0 fully saturated rings. The number of rotatable bonds is 9. The first kappa shape index (κ1) is 34.4. The van der Waals surface area contributed by atoms with Gasteiger partial charge in [0.2, 0.25) is 0 Å². The van der Waals surface area contributed by atoms with E-state index in [1.807, 2.05) is 65.0 Å². The summed E-state index contributed by atoms with van der Waals surface area (Å²) >= 11 is 1.06. The highest BCUT2D eigenvalue weighted by Gasteiger charge is 2.44. The van der Waals surface area contributed by atoms with E-state index in [1.54, 1.807) is 19.1 Å². The number of aryl methyl sites for hydroxylation is 2. The quantitative estimate of drug-likeness (QED) is 0.222. The van der Waals surface area contributed by atoms with E-state index in [2.05, 4.69) is 9.71 Å². The van der Waals surface area contributed by atoms with Crippen LogP contribution < -0.4 is 4.72 Å². The molecule has 1 aromatic heterocycles. The molecule has 0 saturated heterocycles. The van der Waals surface area contributed by atoms with Crippen LogP contribution in [-0.4, -0.2) is 30.1 Å². The summed E-state index contributed by atoms with van der Waals surface area (Å²) in [5.41, 5.74) is 0.00333. The second-order valence-electron chi connectivity index (χ2n) is 12.6. The minimum absolute atomic E-state index is 0.0577. The van der Waals surface area contributed by atoms with Crippen LogP contribution in [0.4, 0.5) is 18.9 Å². The highest BCUT2D eigenvalue weighted by atomic mass is 32.2. The number of ether oxygens (including phenoxy) is 1. The molecule has 1 aliphatic heterocycles. The summed E-state index contributed by atoms with van der Waals surface area (Å²) in [6, 6.07) is 14.7. The second kappa shape index (κ2) is 12.7. The monoisotopic (exact) mass is 662 g/mol. The highest BCUT2D eigenvalue weighted by Crippen LogP contribution is 2.46. The Kier molecular flexibility index (Phi) is 9.70. The van der Waals surface area contributed by atoms with E-state index in [0.717, 1.165) is 23.4 Å². The first-order valence-electron chi connectivity index (χ1n) is 14.4. The van der Waals surface area contributed by atoms with Gasteiger partial charge in [-0.15, -0.1) is 0 Å². The molecule has 0 bridgehead atoms. The molecule has 1 unspecified atom stereocenters. The molecule has 2 aromatic carbocycles. The molecule has 2 heterocycles. The number of alkyl halides is 3. The van der Waals surface area contributed by atoms with Crippen molar-refractivity contribution in [3.8, 4) is 0 Å². The number of aliphatic hydroxyl groups is 1. The van der Waals surface area contributed by atoms with Crippen molar-refractivity contribution in [2.24, 2.45) is 5.92 Å². The number of esters is 1. The number of carbonyl (C=O) groups is 1. The van der Waals surface area contributed by atoms with E-state index >= 15 is 0 Å². The van der Waals surface area contributed by atoms with Gasteiger partial charge in [-0.3, -0.25) is 4.72 Å². The Labute approximate surface area is 266 Å². The van der Waals surface area contributed by atoms with Gasteiger partial charge < -0.3 is 9.84 Å². The second-order valence-corrected chi connectivity index (χ2v) is 15.2. The van der Waals surface area contributed by atoms with Gasteiger partial charge in [0.1, 0.15) is 16.3 Å². The standard InChI is InChI=1S/C33H37F3N2O5S2/c1-20(2)32(15-14-22-10-8-7-9-11-22)18-26(39)29(30(40)43-32)44-27-16-21(3)25(17-24(27)31(4,5)6)38-45(41,42)28-13-12-23(19-37-28)33(34,35)36/h7-13,16-17,19-20,38-39H,14-15,18H2,1-6H3. The van der Waals surface area contributed by atoms with Crippen LogP contribution in [0, 0.1) is 12.8 Å². The lowest BCUT2D eigenvalue weighted by Gasteiger charge is -2.40. The third-order valence-corrected chi connectivity index (χ3v) is 10.3. The number of carbonyl (C=O) groups excluding carboxylic acids is 1. The van der Waals surface area contributed by atoms with Gasteiger partial charge in [-0.2, -0.15) is 21.6 Å². The van der Waals surface area contributed by atoms with Crippen molar-refractivity contribution >= 4 is 33.4 Å². The summed E-state index contributed by atoms with van der Waals surface area (Å²) in [4.78, 5) is 17.7. The van der Waals surface area contributed by atoms with Crippen LogP contribution >= 0.6 is 11.8 Å². The smallest absolute Gasteiger partial charge is 0.417 e. The zero-order valence-electron chi connectivity index (χ0n) is 25.9. The maximum atomic E-state index is 13.5. The van der Waals surface area contributed by atoms with Crippen molar-refractivity contribution in [3.63, 3.8) is 0 Å². The van der Waals surface area contributed by atoms with Crippen LogP contribution in [0.25, 0.3) is 0 Å². The van der Waals surface area contributed by atoms with E-state index in [0.29, 0.717) is 41.1 Å². The van der Waals surface area contributed by atoms with Gasteiger partial charge in [-0.1, -0.05) is 76.7 Å². The molecular weight excluding hydrogens is 626 g/mol. The van der Waals surface area contributed by atoms with E-state index in [4.69, 9.17) is 4.74 Å². The molecular formula is C33H37F3N2O5S2. The Morgan fingerprint density at radius 2 is 1.76 bits per heavy atom. The number of hydrogen-bond donors (Lipinski definition) is 2. The van der Waals surface area contributed by atoms with Crippen molar-refractivity contribution in [2.75, 3.05) is 4.72 Å². The zero-order chi connectivity index (χ0) is 33.4. The van der Waals surface area contributed by atoms with Gasteiger partial charge in [0.15, 0.2) is 5.03 Å². The van der Waals surface area contributed by atoms with Gasteiger partial charge in [0.05, 0.1) is 11.3 Å². The average molecular weight is 663 g/mol. The lowest BCUT2D eigenvalue weighted by atomic mass is 9.80. The molecule has 4 rings (SSSR count). The molecule has 45 heavy (non-hydrogen) atoms.